The van der Waals surface area contributed by atoms with Gasteiger partial charge < -0.3 is 19.7 Å². The van der Waals surface area contributed by atoms with E-state index in [-0.39, 0.29) is 30.2 Å². The minimum atomic E-state index is -3.74. The number of carbonyl (C=O) groups is 1. The zero-order chi connectivity index (χ0) is 22.4. The number of aliphatic hydroxyl groups is 1. The third kappa shape index (κ3) is 5.29. The van der Waals surface area contributed by atoms with Gasteiger partial charge >= 0.3 is 5.97 Å². The Bertz CT molecular complexity index is 1140. The third-order valence-electron chi connectivity index (χ3n) is 4.39. The molecule has 0 fully saturated rings. The lowest BCUT2D eigenvalue weighted by Gasteiger charge is -2.15. The first-order chi connectivity index (χ1) is 14.8. The Labute approximate surface area is 180 Å². The van der Waals surface area contributed by atoms with E-state index < -0.39 is 16.0 Å². The fraction of sp³-hybridized carbons (Fsp3) is 0.238. The lowest BCUT2D eigenvalue weighted by molar-refractivity contribution is 0.0465. The molecule has 3 rings (SSSR count). The highest BCUT2D eigenvalue weighted by Crippen LogP contribution is 2.24. The minimum Gasteiger partial charge on any atom is -0.455 e. The number of nitrogens with one attached hydrogen (secondary N) is 1. The first-order valence-electron chi connectivity index (χ1n) is 9.42. The second-order valence-corrected chi connectivity index (χ2v) is 8.92. The fourth-order valence-electron chi connectivity index (χ4n) is 2.74. The molecule has 2 N–H and O–H groups in total. The summed E-state index contributed by atoms with van der Waals surface area (Å²) in [6.45, 7) is -0.128. The summed E-state index contributed by atoms with van der Waals surface area (Å²) in [6.07, 6.45) is 0. The molecule has 0 aliphatic rings. The van der Waals surface area contributed by atoms with Crippen LogP contribution >= 0.6 is 0 Å². The predicted molar refractivity (Wildman–Crippen MR) is 114 cm³/mol. The molecule has 0 radical (unpaired) electrons. The number of hydrogen-bond acceptors (Lipinski definition) is 8. The van der Waals surface area contributed by atoms with Gasteiger partial charge in [-0.3, -0.25) is 0 Å². The molecule has 9 nitrogen and oxygen atoms in total. The van der Waals surface area contributed by atoms with E-state index >= 15 is 0 Å². The highest BCUT2D eigenvalue weighted by Gasteiger charge is 2.22. The van der Waals surface area contributed by atoms with Crippen LogP contribution in [0, 0.1) is 0 Å². The standard InChI is InChI=1S/C21H23N3O6S/c1-24(2)31(27,28)17-8-9-19(22-10-11-25)18(13-17)21(26)29-14-16-12-20(30-23-16)15-6-4-3-5-7-15/h3-9,12-13,22,25H,10-11,14H2,1-2H3. The quantitative estimate of drug-likeness (QED) is 0.482. The average Bonchev–Trinajstić information content (AvgIpc) is 3.25. The molecule has 3 aromatic rings. The summed E-state index contributed by atoms with van der Waals surface area (Å²) < 4.78 is 36.6. The Balaban J connectivity index is 1.80. The van der Waals surface area contributed by atoms with Crippen LogP contribution in [0.1, 0.15) is 16.1 Å². The van der Waals surface area contributed by atoms with Gasteiger partial charge in [-0.05, 0) is 18.2 Å². The van der Waals surface area contributed by atoms with Crippen LogP contribution in [-0.4, -0.2) is 56.2 Å². The second-order valence-electron chi connectivity index (χ2n) is 6.77. The summed E-state index contributed by atoms with van der Waals surface area (Å²) in [7, 11) is -0.938. The number of nitrogens with zero attached hydrogens (tertiary/aromatic N) is 2. The van der Waals surface area contributed by atoms with Gasteiger partial charge in [-0.15, -0.1) is 0 Å². The van der Waals surface area contributed by atoms with Gasteiger partial charge in [0.05, 0.1) is 17.1 Å². The normalized spacial score (nSPS) is 11.5. The SMILES string of the molecule is CN(C)S(=O)(=O)c1ccc(NCCO)c(C(=O)OCc2cc(-c3ccccc3)on2)c1. The summed E-state index contributed by atoms with van der Waals surface area (Å²) in [5, 5.41) is 15.9. The molecular weight excluding hydrogens is 422 g/mol. The van der Waals surface area contributed by atoms with Crippen molar-refractivity contribution in [2.24, 2.45) is 0 Å². The Hall–Kier alpha value is -3.21. The Morgan fingerprint density at radius 1 is 1.16 bits per heavy atom. The smallest absolute Gasteiger partial charge is 0.340 e. The Morgan fingerprint density at radius 2 is 1.90 bits per heavy atom. The van der Waals surface area contributed by atoms with Gasteiger partial charge in [0.25, 0.3) is 0 Å². The van der Waals surface area contributed by atoms with Crippen LogP contribution in [0.4, 0.5) is 5.69 Å². The maximum Gasteiger partial charge on any atom is 0.340 e. The van der Waals surface area contributed by atoms with Crippen molar-refractivity contribution in [3.8, 4) is 11.3 Å². The molecule has 10 heteroatoms. The molecule has 0 aliphatic heterocycles. The lowest BCUT2D eigenvalue weighted by Crippen LogP contribution is -2.23. The number of carbonyl (C=O) groups excluding carboxylic acids is 1. The summed E-state index contributed by atoms with van der Waals surface area (Å²) in [6, 6.07) is 15.1. The molecule has 0 aliphatic carbocycles. The maximum atomic E-state index is 12.7. The van der Waals surface area contributed by atoms with Crippen LogP contribution in [0.3, 0.4) is 0 Å². The van der Waals surface area contributed by atoms with Gasteiger partial charge in [0.2, 0.25) is 10.0 Å². The third-order valence-corrected chi connectivity index (χ3v) is 6.20. The second kappa shape index (κ2) is 9.73. The Morgan fingerprint density at radius 3 is 2.58 bits per heavy atom. The molecule has 0 saturated heterocycles. The zero-order valence-corrected chi connectivity index (χ0v) is 17.9. The number of aliphatic hydroxyl groups excluding tert-OH is 1. The van der Waals surface area contributed by atoms with E-state index in [1.807, 2.05) is 30.3 Å². The molecule has 0 saturated carbocycles. The maximum absolute atomic E-state index is 12.7. The molecule has 1 aromatic heterocycles. The van der Waals surface area contributed by atoms with Crippen LogP contribution < -0.4 is 5.32 Å². The van der Waals surface area contributed by atoms with Crippen LogP contribution in [-0.2, 0) is 21.4 Å². The number of rotatable bonds is 9. The molecule has 0 amide bonds. The van der Waals surface area contributed by atoms with Gasteiger partial charge in [-0.25, -0.2) is 17.5 Å². The van der Waals surface area contributed by atoms with E-state index in [0.717, 1.165) is 9.87 Å². The fourth-order valence-corrected chi connectivity index (χ4v) is 3.67. The van der Waals surface area contributed by atoms with E-state index in [9.17, 15) is 13.2 Å². The summed E-state index contributed by atoms with van der Waals surface area (Å²) in [5.41, 5.74) is 1.63. The van der Waals surface area contributed by atoms with Crippen molar-refractivity contribution >= 4 is 21.7 Å². The average molecular weight is 445 g/mol. The summed E-state index contributed by atoms with van der Waals surface area (Å²) in [5.74, 6) is -0.198. The number of ether oxygens (including phenoxy) is 1. The summed E-state index contributed by atoms with van der Waals surface area (Å²) in [4.78, 5) is 12.7. The highest BCUT2D eigenvalue weighted by molar-refractivity contribution is 7.89. The van der Waals surface area contributed by atoms with Crippen molar-refractivity contribution in [1.82, 2.24) is 9.46 Å². The van der Waals surface area contributed by atoms with Crippen molar-refractivity contribution in [2.75, 3.05) is 32.6 Å². The largest absolute Gasteiger partial charge is 0.455 e. The molecule has 0 unspecified atom stereocenters. The van der Waals surface area contributed by atoms with Crippen molar-refractivity contribution in [1.29, 1.82) is 0 Å². The van der Waals surface area contributed by atoms with Gasteiger partial charge in [0, 0.05) is 38.0 Å². The topological polar surface area (TPSA) is 122 Å². The van der Waals surface area contributed by atoms with Crippen LogP contribution in [0.15, 0.2) is 64.0 Å². The number of benzene rings is 2. The van der Waals surface area contributed by atoms with Gasteiger partial charge in [0.1, 0.15) is 12.3 Å². The van der Waals surface area contributed by atoms with Crippen LogP contribution in [0.2, 0.25) is 0 Å². The van der Waals surface area contributed by atoms with Crippen molar-refractivity contribution in [3.05, 3.63) is 65.9 Å². The minimum absolute atomic E-state index is 0.0307. The lowest BCUT2D eigenvalue weighted by atomic mass is 10.1. The first-order valence-corrected chi connectivity index (χ1v) is 10.9. The zero-order valence-electron chi connectivity index (χ0n) is 17.1. The molecule has 0 atom stereocenters. The predicted octanol–water partition coefficient (Wildman–Crippen LogP) is 2.35. The molecule has 2 aromatic carbocycles. The monoisotopic (exact) mass is 445 g/mol. The first kappa shape index (κ1) is 22.5. The number of sulfonamides is 1. The molecule has 164 valence electrons. The van der Waals surface area contributed by atoms with Crippen molar-refractivity contribution < 1.29 is 27.6 Å². The van der Waals surface area contributed by atoms with Crippen LogP contribution in [0.25, 0.3) is 11.3 Å². The van der Waals surface area contributed by atoms with Gasteiger partial charge in [-0.2, -0.15) is 0 Å². The van der Waals surface area contributed by atoms with E-state index in [1.165, 1.54) is 32.3 Å². The number of esters is 1. The highest BCUT2D eigenvalue weighted by atomic mass is 32.2. The van der Waals surface area contributed by atoms with Crippen molar-refractivity contribution in [2.45, 2.75) is 11.5 Å². The molecule has 0 spiro atoms. The summed E-state index contributed by atoms with van der Waals surface area (Å²) >= 11 is 0. The molecular formula is C21H23N3O6S. The molecule has 31 heavy (non-hydrogen) atoms. The van der Waals surface area contributed by atoms with Crippen molar-refractivity contribution in [3.63, 3.8) is 0 Å². The molecule has 0 bridgehead atoms. The molecule has 1 heterocycles. The number of aromatic nitrogens is 1. The van der Waals surface area contributed by atoms with E-state index in [0.29, 0.717) is 17.1 Å². The van der Waals surface area contributed by atoms with E-state index in [2.05, 4.69) is 10.5 Å². The Kier molecular flexibility index (Phi) is 7.06. The number of hydrogen-bond donors (Lipinski definition) is 2. The van der Waals surface area contributed by atoms with Gasteiger partial charge in [-0.1, -0.05) is 35.5 Å². The van der Waals surface area contributed by atoms with E-state index in [4.69, 9.17) is 14.4 Å². The van der Waals surface area contributed by atoms with Crippen LogP contribution in [0.5, 0.6) is 0 Å². The van der Waals surface area contributed by atoms with E-state index in [1.54, 1.807) is 6.07 Å². The number of anilines is 1. The van der Waals surface area contributed by atoms with Gasteiger partial charge in [0.15, 0.2) is 5.76 Å².